The van der Waals surface area contributed by atoms with Gasteiger partial charge in [-0.2, -0.15) is 0 Å². The highest BCUT2D eigenvalue weighted by Gasteiger charge is 2.44. The van der Waals surface area contributed by atoms with E-state index in [0.29, 0.717) is 0 Å². The molecule has 0 N–H and O–H groups in total. The lowest BCUT2D eigenvalue weighted by Crippen LogP contribution is -2.43. The van der Waals surface area contributed by atoms with Gasteiger partial charge in [0, 0.05) is 102 Å². The van der Waals surface area contributed by atoms with Crippen LogP contribution < -0.4 is 0 Å². The second-order valence-corrected chi connectivity index (χ2v) is 34.7. The number of benzene rings is 12. The fraction of sp³-hybridized carbons (Fsp3) is 0.189. The zero-order valence-electron chi connectivity index (χ0n) is 69.4. The molecule has 0 radical (unpaired) electrons. The van der Waals surface area contributed by atoms with Crippen molar-refractivity contribution in [3.8, 4) is 134 Å². The molecule has 6 nitrogen and oxygen atoms in total. The molecule has 1 aliphatic rings. The van der Waals surface area contributed by atoms with E-state index in [1.54, 1.807) is 0 Å². The Morgan fingerprint density at radius 2 is 0.427 bits per heavy atom. The summed E-state index contributed by atoms with van der Waals surface area (Å²) in [6.07, 6.45) is 8.56. The van der Waals surface area contributed by atoms with Gasteiger partial charge in [0.1, 0.15) is 0 Å². The van der Waals surface area contributed by atoms with Crippen molar-refractivity contribution in [2.75, 3.05) is 0 Å². The van der Waals surface area contributed by atoms with Crippen molar-refractivity contribution in [2.45, 2.75) is 102 Å². The highest BCUT2D eigenvalue weighted by molar-refractivity contribution is 6.04. The number of nitrogens with zero attached hydrogens (tertiary/aromatic N) is 6. The number of aryl methyl sites for hydroxylation is 3. The molecule has 0 amide bonds. The monoisotopic (exact) mass is 1520 g/mol. The molecule has 3 aromatic heterocycles. The summed E-state index contributed by atoms with van der Waals surface area (Å²) >= 11 is 0. The van der Waals surface area contributed by atoms with Gasteiger partial charge in [-0.3, -0.25) is 29.9 Å². The molecule has 0 saturated heterocycles. The molecule has 0 atom stereocenters. The lowest BCUT2D eigenvalue weighted by Gasteiger charge is -2.43. The smallest absolute Gasteiger partial charge is 0.0708 e. The molecule has 576 valence electrons. The minimum atomic E-state index is -0.415. The van der Waals surface area contributed by atoms with Crippen LogP contribution in [-0.2, 0) is 0 Å². The normalized spacial score (nSPS) is 15.0. The Morgan fingerprint density at radius 1 is 0.222 bits per heavy atom. The van der Waals surface area contributed by atoms with E-state index >= 15 is 0 Å². The van der Waals surface area contributed by atoms with Gasteiger partial charge < -0.3 is 0 Å². The third-order valence-electron chi connectivity index (χ3n) is 23.3. The zero-order valence-corrected chi connectivity index (χ0v) is 69.4. The Hall–Kier alpha value is -12.9. The standard InChI is InChI=1S/C111H102N6/c1-73-61-103(112-70-97(73)79-43-25-16-26-44-79)82-55-58-100(94(67-82)91-52-34-31-49-88(91)76-37-19-13-20-38-76)115-106(109(4,5)6)85-64-86(107(110(7,8)9)116-101-59-56-83(104-62-74(2)98(71-113-104)80-45-27-17-28-46-80)68-95(101)92-53-35-32-50-89(92)77-39-21-14-22-40-77)66-87(65-85)108(111(10,11)12)117-102-60-57-84(105-63-75(3)99(72-114-105)81-47-29-18-30-48-81)69-96(102)93-54-36-33-51-90(93)78-41-23-15-24-42-78/h13-63,67-72,85-87H,64-66H2,1-12H3. The van der Waals surface area contributed by atoms with Crippen LogP contribution in [0.1, 0.15) is 98.3 Å². The summed E-state index contributed by atoms with van der Waals surface area (Å²) in [5, 5.41) is 0. The zero-order chi connectivity index (χ0) is 81.0. The largest absolute Gasteiger partial charge is 0.256 e. The van der Waals surface area contributed by atoms with E-state index in [1.807, 2.05) is 18.6 Å². The van der Waals surface area contributed by atoms with Gasteiger partial charge >= 0.3 is 0 Å². The molecular formula is C111H102N6. The maximum Gasteiger partial charge on any atom is 0.0708 e. The predicted molar refractivity (Wildman–Crippen MR) is 496 cm³/mol. The number of rotatable bonds is 18. The summed E-state index contributed by atoms with van der Waals surface area (Å²) in [5.41, 5.74) is 34.4. The molecule has 1 saturated carbocycles. The minimum absolute atomic E-state index is 0.0387. The van der Waals surface area contributed by atoms with Gasteiger partial charge in [0.2, 0.25) is 0 Å². The first kappa shape index (κ1) is 78.0. The summed E-state index contributed by atoms with van der Waals surface area (Å²) in [5.74, 6) is -0.116. The Bertz CT molecular complexity index is 5570. The van der Waals surface area contributed by atoms with Gasteiger partial charge in [-0.15, -0.1) is 0 Å². The van der Waals surface area contributed by atoms with Crippen LogP contribution in [0.4, 0.5) is 17.1 Å². The molecule has 117 heavy (non-hydrogen) atoms. The van der Waals surface area contributed by atoms with Crippen molar-refractivity contribution in [2.24, 2.45) is 49.0 Å². The Kier molecular flexibility index (Phi) is 22.3. The van der Waals surface area contributed by atoms with Crippen LogP contribution >= 0.6 is 0 Å². The topological polar surface area (TPSA) is 75.8 Å². The summed E-state index contributed by atoms with van der Waals surface area (Å²) in [6, 6.07) is 118. The van der Waals surface area contributed by atoms with Crippen molar-refractivity contribution in [3.05, 3.63) is 363 Å². The molecule has 12 aromatic carbocycles. The molecule has 0 aliphatic heterocycles. The first-order chi connectivity index (χ1) is 56.6. The number of hydrogen-bond acceptors (Lipinski definition) is 6. The molecule has 1 aliphatic carbocycles. The second kappa shape index (κ2) is 33.5. The molecule has 0 spiro atoms. The lowest BCUT2D eigenvalue weighted by molar-refractivity contribution is 0.301. The maximum absolute atomic E-state index is 6.27. The first-order valence-corrected chi connectivity index (χ1v) is 41.4. The fourth-order valence-electron chi connectivity index (χ4n) is 17.7. The van der Waals surface area contributed by atoms with Crippen molar-refractivity contribution < 1.29 is 0 Å². The average Bonchev–Trinajstić information content (AvgIpc) is 0.750. The van der Waals surface area contributed by atoms with Crippen LogP contribution in [0.2, 0.25) is 0 Å². The van der Waals surface area contributed by atoms with Crippen LogP contribution in [-0.4, -0.2) is 32.1 Å². The van der Waals surface area contributed by atoms with Crippen LogP contribution in [0.3, 0.4) is 0 Å². The number of pyridine rings is 3. The SMILES string of the molecule is Cc1cc(-c2ccc(N=C(C3CC(C(=Nc4ccc(-c5cc(C)c(-c6ccccc6)cn5)cc4-c4ccccc4-c4ccccc4)C(C)(C)C)CC(C(=Nc4ccc(-c5cc(C)c(-c6ccccc6)cn5)cc4-c4ccccc4-c4ccccc4)C(C)(C)C)C3)C(C)(C)C)c(-c3ccccc3-c3ccccc3)c2)ncc1-c1ccccc1. The quantitative estimate of drug-likeness (QED) is 0.0803. The van der Waals surface area contributed by atoms with E-state index in [0.717, 1.165) is 204 Å². The van der Waals surface area contributed by atoms with Crippen molar-refractivity contribution in [1.29, 1.82) is 0 Å². The lowest BCUT2D eigenvalue weighted by atomic mass is 9.62. The third-order valence-corrected chi connectivity index (χ3v) is 23.3. The fourth-order valence-corrected chi connectivity index (χ4v) is 17.7. The maximum atomic E-state index is 6.27. The molecule has 15 aromatic rings. The van der Waals surface area contributed by atoms with Gasteiger partial charge in [0.15, 0.2) is 0 Å². The molecule has 3 heterocycles. The van der Waals surface area contributed by atoms with E-state index < -0.39 is 16.2 Å². The van der Waals surface area contributed by atoms with Crippen molar-refractivity contribution >= 4 is 34.2 Å². The molecule has 6 heteroatoms. The van der Waals surface area contributed by atoms with Crippen LogP contribution in [0.5, 0.6) is 0 Å². The number of aromatic nitrogens is 3. The highest BCUT2D eigenvalue weighted by Crippen LogP contribution is 2.51. The van der Waals surface area contributed by atoms with Crippen molar-refractivity contribution in [1.82, 2.24) is 15.0 Å². The third kappa shape index (κ3) is 17.1. The summed E-state index contributed by atoms with van der Waals surface area (Å²) in [7, 11) is 0. The van der Waals surface area contributed by atoms with E-state index in [9.17, 15) is 0 Å². The molecule has 0 bridgehead atoms. The van der Waals surface area contributed by atoms with Gasteiger partial charge in [-0.1, -0.05) is 335 Å². The van der Waals surface area contributed by atoms with Gasteiger partial charge in [-0.05, 0) is 196 Å². The van der Waals surface area contributed by atoms with E-state index in [2.05, 4.69) is 411 Å². The Morgan fingerprint density at radius 3 is 0.641 bits per heavy atom. The van der Waals surface area contributed by atoms with Gasteiger partial charge in [0.25, 0.3) is 0 Å². The van der Waals surface area contributed by atoms with Crippen molar-refractivity contribution in [3.63, 3.8) is 0 Å². The molecular weight excluding hydrogens is 1420 g/mol. The molecule has 1 fully saturated rings. The van der Waals surface area contributed by atoms with Gasteiger partial charge in [0.05, 0.1) is 34.1 Å². The summed E-state index contributed by atoms with van der Waals surface area (Å²) in [6.45, 7) is 28.0. The van der Waals surface area contributed by atoms with E-state index in [-0.39, 0.29) is 17.8 Å². The molecule has 0 unspecified atom stereocenters. The first-order valence-electron chi connectivity index (χ1n) is 41.4. The summed E-state index contributed by atoms with van der Waals surface area (Å²) in [4.78, 5) is 34.5. The van der Waals surface area contributed by atoms with E-state index in [4.69, 9.17) is 29.9 Å². The minimum Gasteiger partial charge on any atom is -0.256 e. The molecule has 16 rings (SSSR count). The number of hydrogen-bond donors (Lipinski definition) is 0. The number of aliphatic imine (C=N–C) groups is 3. The highest BCUT2D eigenvalue weighted by atomic mass is 14.8. The Labute approximate surface area is 692 Å². The van der Waals surface area contributed by atoms with Crippen LogP contribution in [0.15, 0.2) is 361 Å². The summed E-state index contributed by atoms with van der Waals surface area (Å²) < 4.78 is 0. The second-order valence-electron chi connectivity index (χ2n) is 34.7. The van der Waals surface area contributed by atoms with E-state index in [1.165, 1.54) is 0 Å². The average molecular weight is 1520 g/mol. The van der Waals surface area contributed by atoms with Crippen LogP contribution in [0.25, 0.3) is 134 Å². The van der Waals surface area contributed by atoms with Gasteiger partial charge in [-0.25, -0.2) is 0 Å². The van der Waals surface area contributed by atoms with Crippen LogP contribution in [0, 0.1) is 54.8 Å². The Balaban J connectivity index is 0.905. The predicted octanol–water partition coefficient (Wildman–Crippen LogP) is 30.6.